The number of nitriles is 1. The minimum atomic E-state index is -4.84. The van der Waals surface area contributed by atoms with Gasteiger partial charge in [-0.15, -0.1) is 13.2 Å². The standard InChI is InChI=1S/C10H8BrF3N2O2/c1-17-9-8(18-10(12,13)14)4-6(2-3-15)7(5-11)16-9/h4H,2,5H2,1H3. The van der Waals surface area contributed by atoms with Gasteiger partial charge in [0.1, 0.15) is 0 Å². The fraction of sp³-hybridized carbons (Fsp3) is 0.400. The van der Waals surface area contributed by atoms with Crippen molar-refractivity contribution in [2.24, 2.45) is 0 Å². The molecular weight excluding hydrogens is 317 g/mol. The summed E-state index contributed by atoms with van der Waals surface area (Å²) >= 11 is 3.14. The molecule has 1 aromatic rings. The Bertz CT molecular complexity index is 471. The van der Waals surface area contributed by atoms with Gasteiger partial charge < -0.3 is 9.47 Å². The van der Waals surface area contributed by atoms with Crippen molar-refractivity contribution >= 4 is 15.9 Å². The number of hydrogen-bond donors (Lipinski definition) is 0. The molecule has 1 aromatic heterocycles. The summed E-state index contributed by atoms with van der Waals surface area (Å²) in [6.45, 7) is 0. The molecule has 98 valence electrons. The molecule has 0 aliphatic carbocycles. The summed E-state index contributed by atoms with van der Waals surface area (Å²) in [6, 6.07) is 2.96. The van der Waals surface area contributed by atoms with Gasteiger partial charge in [-0.05, 0) is 11.6 Å². The number of aromatic nitrogens is 1. The van der Waals surface area contributed by atoms with E-state index in [0.717, 1.165) is 6.07 Å². The Kier molecular flexibility index (Phi) is 4.78. The topological polar surface area (TPSA) is 55.1 Å². The van der Waals surface area contributed by atoms with Crippen LogP contribution in [0.3, 0.4) is 0 Å². The maximum atomic E-state index is 12.2. The second-order valence-corrected chi connectivity index (χ2v) is 3.68. The lowest BCUT2D eigenvalue weighted by Gasteiger charge is -2.14. The summed E-state index contributed by atoms with van der Waals surface area (Å²) in [7, 11) is 1.19. The van der Waals surface area contributed by atoms with Crippen molar-refractivity contribution in [3.63, 3.8) is 0 Å². The molecule has 0 radical (unpaired) electrons. The van der Waals surface area contributed by atoms with Gasteiger partial charge in [0.05, 0.1) is 25.3 Å². The highest BCUT2D eigenvalue weighted by Crippen LogP contribution is 2.33. The quantitative estimate of drug-likeness (QED) is 0.799. The molecule has 4 nitrogen and oxygen atoms in total. The Morgan fingerprint density at radius 3 is 2.61 bits per heavy atom. The largest absolute Gasteiger partial charge is 0.573 e. The van der Waals surface area contributed by atoms with E-state index in [1.54, 1.807) is 0 Å². The van der Waals surface area contributed by atoms with E-state index in [0.29, 0.717) is 16.6 Å². The average Bonchev–Trinajstić information content (AvgIpc) is 2.28. The van der Waals surface area contributed by atoms with E-state index in [4.69, 9.17) is 10.00 Å². The van der Waals surface area contributed by atoms with E-state index in [2.05, 4.69) is 25.7 Å². The van der Waals surface area contributed by atoms with E-state index < -0.39 is 12.1 Å². The van der Waals surface area contributed by atoms with Crippen molar-refractivity contribution in [1.29, 1.82) is 5.26 Å². The fourth-order valence-corrected chi connectivity index (χ4v) is 1.74. The number of nitrogens with zero attached hydrogens (tertiary/aromatic N) is 2. The van der Waals surface area contributed by atoms with Crippen molar-refractivity contribution < 1.29 is 22.6 Å². The number of pyridine rings is 1. The van der Waals surface area contributed by atoms with Crippen LogP contribution >= 0.6 is 15.9 Å². The Labute approximate surface area is 109 Å². The van der Waals surface area contributed by atoms with Crippen molar-refractivity contribution in [2.75, 3.05) is 7.11 Å². The van der Waals surface area contributed by atoms with Crippen LogP contribution in [0.5, 0.6) is 11.6 Å². The van der Waals surface area contributed by atoms with E-state index in [9.17, 15) is 13.2 Å². The zero-order valence-corrected chi connectivity index (χ0v) is 10.8. The van der Waals surface area contributed by atoms with E-state index >= 15 is 0 Å². The lowest BCUT2D eigenvalue weighted by atomic mass is 10.1. The highest BCUT2D eigenvalue weighted by Gasteiger charge is 2.33. The van der Waals surface area contributed by atoms with Crippen LogP contribution in [0.4, 0.5) is 13.2 Å². The van der Waals surface area contributed by atoms with Crippen LogP contribution in [-0.2, 0) is 11.8 Å². The molecule has 0 aliphatic heterocycles. The van der Waals surface area contributed by atoms with Crippen LogP contribution in [-0.4, -0.2) is 18.5 Å². The van der Waals surface area contributed by atoms with Gasteiger partial charge in [0, 0.05) is 5.33 Å². The second-order valence-electron chi connectivity index (χ2n) is 3.12. The molecule has 8 heteroatoms. The predicted octanol–water partition coefficient (Wildman–Crippen LogP) is 2.95. The smallest absolute Gasteiger partial charge is 0.478 e. The van der Waals surface area contributed by atoms with Crippen LogP contribution in [0.15, 0.2) is 6.07 Å². The summed E-state index contributed by atoms with van der Waals surface area (Å²) in [5.41, 5.74) is 0.789. The second kappa shape index (κ2) is 5.91. The fourth-order valence-electron chi connectivity index (χ4n) is 1.25. The van der Waals surface area contributed by atoms with Crippen LogP contribution in [0.25, 0.3) is 0 Å². The Balaban J connectivity index is 3.23. The molecule has 0 fully saturated rings. The van der Waals surface area contributed by atoms with E-state index in [1.807, 2.05) is 6.07 Å². The molecular formula is C10H8BrF3N2O2. The van der Waals surface area contributed by atoms with Gasteiger partial charge in [-0.1, -0.05) is 15.9 Å². The van der Waals surface area contributed by atoms with Crippen molar-refractivity contribution in [1.82, 2.24) is 4.98 Å². The average molecular weight is 325 g/mol. The van der Waals surface area contributed by atoms with Gasteiger partial charge in [-0.25, -0.2) is 4.98 Å². The Morgan fingerprint density at radius 2 is 2.17 bits per heavy atom. The van der Waals surface area contributed by atoms with Crippen molar-refractivity contribution in [3.8, 4) is 17.7 Å². The van der Waals surface area contributed by atoms with E-state index in [1.165, 1.54) is 7.11 Å². The van der Waals surface area contributed by atoms with Crippen molar-refractivity contribution in [3.05, 3.63) is 17.3 Å². The molecule has 0 spiro atoms. The number of rotatable bonds is 4. The van der Waals surface area contributed by atoms with Gasteiger partial charge >= 0.3 is 6.36 Å². The number of alkyl halides is 4. The normalized spacial score (nSPS) is 10.9. The molecule has 0 saturated carbocycles. The minimum absolute atomic E-state index is 0.0633. The molecule has 0 N–H and O–H groups in total. The first-order valence-electron chi connectivity index (χ1n) is 4.66. The number of hydrogen-bond acceptors (Lipinski definition) is 4. The van der Waals surface area contributed by atoms with Crippen LogP contribution in [0, 0.1) is 11.3 Å². The molecule has 0 aromatic carbocycles. The number of methoxy groups -OCH3 is 1. The third kappa shape index (κ3) is 3.77. The lowest BCUT2D eigenvalue weighted by Crippen LogP contribution is -2.18. The van der Waals surface area contributed by atoms with Gasteiger partial charge in [0.2, 0.25) is 0 Å². The Hall–Kier alpha value is -1.49. The predicted molar refractivity (Wildman–Crippen MR) is 59.4 cm³/mol. The molecule has 0 saturated heterocycles. The van der Waals surface area contributed by atoms with E-state index in [-0.39, 0.29) is 12.3 Å². The molecule has 0 unspecified atom stereocenters. The third-order valence-corrected chi connectivity index (χ3v) is 2.47. The first-order chi connectivity index (χ1) is 8.41. The molecule has 1 heterocycles. The first-order valence-corrected chi connectivity index (χ1v) is 5.79. The maximum Gasteiger partial charge on any atom is 0.573 e. The Morgan fingerprint density at radius 1 is 1.50 bits per heavy atom. The summed E-state index contributed by atoms with van der Waals surface area (Å²) < 4.78 is 45.1. The maximum absolute atomic E-state index is 12.2. The van der Waals surface area contributed by atoms with Gasteiger partial charge in [-0.3, -0.25) is 0 Å². The molecule has 0 aliphatic rings. The monoisotopic (exact) mass is 324 g/mol. The van der Waals surface area contributed by atoms with Gasteiger partial charge in [0.15, 0.2) is 5.75 Å². The highest BCUT2D eigenvalue weighted by atomic mass is 79.9. The SMILES string of the molecule is COc1nc(CBr)c(CC#N)cc1OC(F)(F)F. The summed E-state index contributed by atoms with van der Waals surface area (Å²) in [5.74, 6) is -0.830. The van der Waals surface area contributed by atoms with Crippen LogP contribution < -0.4 is 9.47 Å². The van der Waals surface area contributed by atoms with Gasteiger partial charge in [-0.2, -0.15) is 5.26 Å². The number of halogens is 4. The summed E-state index contributed by atoms with van der Waals surface area (Å²) in [4.78, 5) is 3.87. The van der Waals surface area contributed by atoms with Crippen LogP contribution in [0.1, 0.15) is 11.3 Å². The number of ether oxygens (including phenoxy) is 2. The van der Waals surface area contributed by atoms with Crippen LogP contribution in [0.2, 0.25) is 0 Å². The lowest BCUT2D eigenvalue weighted by molar-refractivity contribution is -0.275. The molecule has 18 heavy (non-hydrogen) atoms. The third-order valence-electron chi connectivity index (χ3n) is 1.94. The summed E-state index contributed by atoms with van der Waals surface area (Å²) in [5, 5.41) is 8.90. The zero-order chi connectivity index (χ0) is 13.8. The molecule has 1 rings (SSSR count). The minimum Gasteiger partial charge on any atom is -0.478 e. The van der Waals surface area contributed by atoms with Gasteiger partial charge in [0.25, 0.3) is 5.88 Å². The van der Waals surface area contributed by atoms with Crippen molar-refractivity contribution in [2.45, 2.75) is 18.1 Å². The molecule has 0 bridgehead atoms. The molecule has 0 amide bonds. The summed E-state index contributed by atoms with van der Waals surface area (Å²) in [6.07, 6.45) is -4.90. The molecule has 0 atom stereocenters. The zero-order valence-electron chi connectivity index (χ0n) is 9.21. The first kappa shape index (κ1) is 14.6. The highest BCUT2D eigenvalue weighted by molar-refractivity contribution is 9.08.